The average molecular weight is 353 g/mol. The molecule has 0 amide bonds. The number of methoxy groups -OCH3 is 1. The van der Waals surface area contributed by atoms with Gasteiger partial charge >= 0.3 is 0 Å². The van der Waals surface area contributed by atoms with Crippen molar-refractivity contribution in [3.8, 4) is 5.75 Å². The molecule has 0 bridgehead atoms. The maximum atomic E-state index is 6.27. The number of nitrogens with one attached hydrogen (secondary N) is 2. The van der Waals surface area contributed by atoms with Crippen LogP contribution in [0.3, 0.4) is 0 Å². The van der Waals surface area contributed by atoms with Gasteiger partial charge < -0.3 is 20.3 Å². The highest BCUT2D eigenvalue weighted by atomic mass is 35.5. The van der Waals surface area contributed by atoms with E-state index in [1.54, 1.807) is 14.2 Å². The van der Waals surface area contributed by atoms with Gasteiger partial charge in [0.1, 0.15) is 5.75 Å². The second-order valence-corrected chi connectivity index (χ2v) is 6.44. The number of benzene rings is 1. The number of halogens is 1. The standard InChI is InChI=1S/C18H29ClN4O/c1-20-18(22-10-13-23-11-4-3-5-12-23)21-9-8-15-6-7-16(24-2)14-17(15)19/h6-7,14H,3-5,8-13H2,1-2H3,(H2,20,21,22). The quantitative estimate of drug-likeness (QED) is 0.585. The van der Waals surface area contributed by atoms with Crippen LogP contribution in [0.1, 0.15) is 24.8 Å². The first-order chi connectivity index (χ1) is 11.7. The van der Waals surface area contributed by atoms with Crippen molar-refractivity contribution < 1.29 is 4.74 Å². The predicted molar refractivity (Wildman–Crippen MR) is 101 cm³/mol. The molecule has 1 heterocycles. The second-order valence-electron chi connectivity index (χ2n) is 6.04. The molecule has 2 rings (SSSR count). The van der Waals surface area contributed by atoms with E-state index < -0.39 is 0 Å². The number of aliphatic imine (C=N–C) groups is 1. The van der Waals surface area contributed by atoms with Gasteiger partial charge in [-0.15, -0.1) is 0 Å². The summed E-state index contributed by atoms with van der Waals surface area (Å²) in [5, 5.41) is 7.46. The molecule has 0 radical (unpaired) electrons. The molecule has 0 spiro atoms. The number of rotatable bonds is 7. The van der Waals surface area contributed by atoms with Crippen LogP contribution >= 0.6 is 11.6 Å². The summed E-state index contributed by atoms with van der Waals surface area (Å²) in [6.07, 6.45) is 4.88. The Balaban J connectivity index is 1.67. The molecule has 1 saturated heterocycles. The zero-order chi connectivity index (χ0) is 17.2. The topological polar surface area (TPSA) is 48.9 Å². The van der Waals surface area contributed by atoms with Crippen LogP contribution in [0.4, 0.5) is 0 Å². The smallest absolute Gasteiger partial charge is 0.191 e. The second kappa shape index (κ2) is 10.4. The van der Waals surface area contributed by atoms with Crippen molar-refractivity contribution in [2.75, 3.05) is 46.9 Å². The fourth-order valence-electron chi connectivity index (χ4n) is 2.91. The molecule has 1 aromatic rings. The zero-order valence-corrected chi connectivity index (χ0v) is 15.5. The number of guanidine groups is 1. The Morgan fingerprint density at radius 2 is 1.96 bits per heavy atom. The molecule has 0 atom stereocenters. The lowest BCUT2D eigenvalue weighted by atomic mass is 10.1. The van der Waals surface area contributed by atoms with Crippen LogP contribution in [0, 0.1) is 0 Å². The van der Waals surface area contributed by atoms with Crippen LogP contribution in [0.25, 0.3) is 0 Å². The minimum atomic E-state index is 0.740. The van der Waals surface area contributed by atoms with Gasteiger partial charge in [-0.1, -0.05) is 24.1 Å². The molecule has 0 unspecified atom stereocenters. The number of hydrogen-bond donors (Lipinski definition) is 2. The summed E-state index contributed by atoms with van der Waals surface area (Å²) in [7, 11) is 3.45. The van der Waals surface area contributed by atoms with Gasteiger partial charge in [-0.2, -0.15) is 0 Å². The van der Waals surface area contributed by atoms with Crippen molar-refractivity contribution in [1.29, 1.82) is 0 Å². The molecule has 1 fully saturated rings. The molecule has 1 aromatic carbocycles. The lowest BCUT2D eigenvalue weighted by Crippen LogP contribution is -2.43. The van der Waals surface area contributed by atoms with Crippen molar-refractivity contribution in [1.82, 2.24) is 15.5 Å². The summed E-state index contributed by atoms with van der Waals surface area (Å²) in [4.78, 5) is 6.79. The van der Waals surface area contributed by atoms with E-state index in [1.807, 2.05) is 18.2 Å². The van der Waals surface area contributed by atoms with E-state index in [4.69, 9.17) is 16.3 Å². The molecule has 1 aliphatic rings. The number of nitrogens with zero attached hydrogens (tertiary/aromatic N) is 2. The zero-order valence-electron chi connectivity index (χ0n) is 14.8. The Morgan fingerprint density at radius 3 is 2.62 bits per heavy atom. The van der Waals surface area contributed by atoms with Crippen molar-refractivity contribution in [3.63, 3.8) is 0 Å². The Labute approximate surface area is 150 Å². The molecule has 1 aliphatic heterocycles. The minimum absolute atomic E-state index is 0.740. The van der Waals surface area contributed by atoms with E-state index in [2.05, 4.69) is 20.5 Å². The predicted octanol–water partition coefficient (Wildman–Crippen LogP) is 2.54. The number of ether oxygens (including phenoxy) is 1. The lowest BCUT2D eigenvalue weighted by molar-refractivity contribution is 0.232. The number of likely N-dealkylation sites (tertiary alicyclic amines) is 1. The van der Waals surface area contributed by atoms with Crippen molar-refractivity contribution in [2.24, 2.45) is 4.99 Å². The fraction of sp³-hybridized carbons (Fsp3) is 0.611. The summed E-state index contributed by atoms with van der Waals surface area (Å²) in [5.41, 5.74) is 1.11. The lowest BCUT2D eigenvalue weighted by Gasteiger charge is -2.26. The summed E-state index contributed by atoms with van der Waals surface area (Å²) in [5.74, 6) is 1.63. The molecular weight excluding hydrogens is 324 g/mol. The Bertz CT molecular complexity index is 530. The molecular formula is C18H29ClN4O. The van der Waals surface area contributed by atoms with E-state index in [1.165, 1.54) is 32.4 Å². The van der Waals surface area contributed by atoms with E-state index in [0.717, 1.165) is 48.4 Å². The average Bonchev–Trinajstić information content (AvgIpc) is 2.62. The third-order valence-electron chi connectivity index (χ3n) is 4.34. The monoisotopic (exact) mass is 352 g/mol. The van der Waals surface area contributed by atoms with Crippen LogP contribution in [0.15, 0.2) is 23.2 Å². The summed E-state index contributed by atoms with van der Waals surface area (Å²) in [6.45, 7) is 5.23. The largest absolute Gasteiger partial charge is 0.497 e. The van der Waals surface area contributed by atoms with Crippen LogP contribution in [0.2, 0.25) is 5.02 Å². The third kappa shape index (κ3) is 6.21. The van der Waals surface area contributed by atoms with Crippen LogP contribution in [-0.2, 0) is 6.42 Å². The molecule has 6 heteroatoms. The minimum Gasteiger partial charge on any atom is -0.497 e. The highest BCUT2D eigenvalue weighted by molar-refractivity contribution is 6.31. The Morgan fingerprint density at radius 1 is 1.21 bits per heavy atom. The summed E-state index contributed by atoms with van der Waals surface area (Å²) in [6, 6.07) is 5.80. The SMILES string of the molecule is CN=C(NCCc1ccc(OC)cc1Cl)NCCN1CCCCC1. The number of piperidine rings is 1. The van der Waals surface area contributed by atoms with Gasteiger partial charge in [0.25, 0.3) is 0 Å². The first-order valence-electron chi connectivity index (χ1n) is 8.72. The van der Waals surface area contributed by atoms with Gasteiger partial charge in [0, 0.05) is 31.7 Å². The van der Waals surface area contributed by atoms with Crippen LogP contribution in [-0.4, -0.2) is 57.7 Å². The maximum absolute atomic E-state index is 6.27. The molecule has 134 valence electrons. The molecule has 0 saturated carbocycles. The van der Waals surface area contributed by atoms with Crippen molar-refractivity contribution >= 4 is 17.6 Å². The fourth-order valence-corrected chi connectivity index (χ4v) is 3.17. The third-order valence-corrected chi connectivity index (χ3v) is 4.69. The normalized spacial score (nSPS) is 16.0. The first kappa shape index (κ1) is 18.9. The van der Waals surface area contributed by atoms with E-state index >= 15 is 0 Å². The molecule has 5 nitrogen and oxygen atoms in total. The molecule has 24 heavy (non-hydrogen) atoms. The van der Waals surface area contributed by atoms with Gasteiger partial charge in [-0.05, 0) is 50.0 Å². The Hall–Kier alpha value is -1.46. The Kier molecular flexibility index (Phi) is 8.19. The highest BCUT2D eigenvalue weighted by Crippen LogP contribution is 2.22. The summed E-state index contributed by atoms with van der Waals surface area (Å²) >= 11 is 6.27. The van der Waals surface area contributed by atoms with E-state index in [-0.39, 0.29) is 0 Å². The molecule has 0 aromatic heterocycles. The van der Waals surface area contributed by atoms with Crippen LogP contribution < -0.4 is 15.4 Å². The first-order valence-corrected chi connectivity index (χ1v) is 9.10. The van der Waals surface area contributed by atoms with Crippen LogP contribution in [0.5, 0.6) is 5.75 Å². The maximum Gasteiger partial charge on any atom is 0.191 e. The van der Waals surface area contributed by atoms with E-state index in [0.29, 0.717) is 0 Å². The van der Waals surface area contributed by atoms with Gasteiger partial charge in [0.05, 0.1) is 7.11 Å². The van der Waals surface area contributed by atoms with Gasteiger partial charge in [0.15, 0.2) is 5.96 Å². The molecule has 2 N–H and O–H groups in total. The highest BCUT2D eigenvalue weighted by Gasteiger charge is 2.09. The molecule has 0 aliphatic carbocycles. The number of hydrogen-bond acceptors (Lipinski definition) is 3. The van der Waals surface area contributed by atoms with Gasteiger partial charge in [-0.25, -0.2) is 0 Å². The van der Waals surface area contributed by atoms with Crippen molar-refractivity contribution in [3.05, 3.63) is 28.8 Å². The van der Waals surface area contributed by atoms with Gasteiger partial charge in [0.2, 0.25) is 0 Å². The van der Waals surface area contributed by atoms with Crippen molar-refractivity contribution in [2.45, 2.75) is 25.7 Å². The summed E-state index contributed by atoms with van der Waals surface area (Å²) < 4.78 is 5.17. The van der Waals surface area contributed by atoms with E-state index in [9.17, 15) is 0 Å². The van der Waals surface area contributed by atoms with Gasteiger partial charge in [-0.3, -0.25) is 4.99 Å².